The highest BCUT2D eigenvalue weighted by Gasteiger charge is 2.20. The number of phenolic OH excluding ortho intramolecular Hbond substituents is 1. The molecular formula is C14H22N2O2. The second-order valence-electron chi connectivity index (χ2n) is 5.14. The van der Waals surface area contributed by atoms with Gasteiger partial charge in [-0.25, -0.2) is 0 Å². The second-order valence-corrected chi connectivity index (χ2v) is 5.14. The van der Waals surface area contributed by atoms with Crippen LogP contribution in [-0.4, -0.2) is 36.8 Å². The molecule has 1 fully saturated rings. The Balaban J connectivity index is 1.71. The Labute approximate surface area is 108 Å². The predicted molar refractivity (Wildman–Crippen MR) is 72.4 cm³/mol. The Morgan fingerprint density at radius 1 is 1.44 bits per heavy atom. The summed E-state index contributed by atoms with van der Waals surface area (Å²) in [6, 6.07) is 5.16. The highest BCUT2D eigenvalue weighted by Crippen LogP contribution is 2.28. The number of aromatic hydroxyl groups is 1. The maximum absolute atomic E-state index is 9.72. The van der Waals surface area contributed by atoms with Gasteiger partial charge in [-0.15, -0.1) is 0 Å². The lowest BCUT2D eigenvalue weighted by Gasteiger charge is -2.17. The molecule has 1 aliphatic carbocycles. The molecule has 1 aromatic carbocycles. The Bertz CT molecular complexity index is 391. The van der Waals surface area contributed by atoms with Crippen molar-refractivity contribution in [1.29, 1.82) is 0 Å². The zero-order chi connectivity index (χ0) is 13.0. The summed E-state index contributed by atoms with van der Waals surface area (Å²) in [5.74, 6) is 1.11. The quantitative estimate of drug-likeness (QED) is 0.440. The number of hydrogen-bond donors (Lipinski definition) is 2. The van der Waals surface area contributed by atoms with Crippen molar-refractivity contribution in [3.8, 4) is 5.75 Å². The highest BCUT2D eigenvalue weighted by atomic mass is 16.5. The number of benzene rings is 1. The normalized spacial score (nSPS) is 15.2. The fourth-order valence-electron chi connectivity index (χ4n) is 1.86. The van der Waals surface area contributed by atoms with Crippen LogP contribution in [0.4, 0.5) is 5.69 Å². The lowest BCUT2D eigenvalue weighted by Crippen LogP contribution is -2.23. The first-order valence-electron chi connectivity index (χ1n) is 6.49. The summed E-state index contributed by atoms with van der Waals surface area (Å²) >= 11 is 0. The predicted octanol–water partition coefficient (Wildman–Crippen LogP) is 1.83. The first kappa shape index (κ1) is 13.2. The summed E-state index contributed by atoms with van der Waals surface area (Å²) in [5.41, 5.74) is 7.25. The van der Waals surface area contributed by atoms with Crippen molar-refractivity contribution in [1.82, 2.24) is 4.90 Å². The molecule has 0 amide bonds. The number of hydrogen-bond acceptors (Lipinski definition) is 4. The SMILES string of the molecule is CN(CCOCC1CC1)Cc1cc(N)ccc1O. The molecule has 0 bridgehead atoms. The van der Waals surface area contributed by atoms with Crippen LogP contribution in [0, 0.1) is 5.92 Å². The molecule has 1 aromatic rings. The van der Waals surface area contributed by atoms with Gasteiger partial charge in [0.05, 0.1) is 6.61 Å². The third-order valence-electron chi connectivity index (χ3n) is 3.21. The van der Waals surface area contributed by atoms with Crippen LogP contribution in [0.25, 0.3) is 0 Å². The maximum Gasteiger partial charge on any atom is 0.120 e. The molecule has 3 N–H and O–H groups in total. The van der Waals surface area contributed by atoms with Crippen molar-refractivity contribution in [2.24, 2.45) is 5.92 Å². The summed E-state index contributed by atoms with van der Waals surface area (Å²) in [4.78, 5) is 2.13. The monoisotopic (exact) mass is 250 g/mol. The fraction of sp³-hybridized carbons (Fsp3) is 0.571. The molecule has 0 spiro atoms. The van der Waals surface area contributed by atoms with Crippen LogP contribution in [0.2, 0.25) is 0 Å². The number of nitrogens with zero attached hydrogens (tertiary/aromatic N) is 1. The molecule has 100 valence electrons. The van der Waals surface area contributed by atoms with Crippen molar-refractivity contribution >= 4 is 5.69 Å². The molecule has 1 aliphatic rings. The zero-order valence-electron chi connectivity index (χ0n) is 10.9. The fourth-order valence-corrected chi connectivity index (χ4v) is 1.86. The third kappa shape index (κ3) is 4.20. The van der Waals surface area contributed by atoms with Crippen molar-refractivity contribution in [2.75, 3.05) is 32.5 Å². The van der Waals surface area contributed by atoms with Crippen LogP contribution >= 0.6 is 0 Å². The van der Waals surface area contributed by atoms with E-state index in [0.29, 0.717) is 18.0 Å². The van der Waals surface area contributed by atoms with E-state index < -0.39 is 0 Å². The number of nitrogens with two attached hydrogens (primary N) is 1. The molecule has 4 nitrogen and oxygen atoms in total. The molecule has 18 heavy (non-hydrogen) atoms. The van der Waals surface area contributed by atoms with Gasteiger partial charge in [-0.05, 0) is 44.0 Å². The Kier molecular flexibility index (Phi) is 4.44. The summed E-state index contributed by atoms with van der Waals surface area (Å²) in [6.07, 6.45) is 2.65. The van der Waals surface area contributed by atoms with Crippen LogP contribution in [0.3, 0.4) is 0 Å². The number of likely N-dealkylation sites (N-methyl/N-ethyl adjacent to an activating group) is 1. The Morgan fingerprint density at radius 3 is 2.94 bits per heavy atom. The smallest absolute Gasteiger partial charge is 0.120 e. The molecule has 0 unspecified atom stereocenters. The van der Waals surface area contributed by atoms with Crippen LogP contribution in [-0.2, 0) is 11.3 Å². The molecule has 0 atom stereocenters. The number of phenols is 1. The van der Waals surface area contributed by atoms with E-state index in [2.05, 4.69) is 4.90 Å². The topological polar surface area (TPSA) is 58.7 Å². The zero-order valence-corrected chi connectivity index (χ0v) is 10.9. The average Bonchev–Trinajstić information content (AvgIpc) is 3.13. The van der Waals surface area contributed by atoms with Gasteiger partial charge >= 0.3 is 0 Å². The van der Waals surface area contributed by atoms with Gasteiger partial charge in [0.25, 0.3) is 0 Å². The van der Waals surface area contributed by atoms with E-state index in [-0.39, 0.29) is 0 Å². The first-order chi connectivity index (χ1) is 8.65. The minimum atomic E-state index is 0.301. The largest absolute Gasteiger partial charge is 0.508 e. The minimum Gasteiger partial charge on any atom is -0.508 e. The lowest BCUT2D eigenvalue weighted by molar-refractivity contribution is 0.102. The first-order valence-corrected chi connectivity index (χ1v) is 6.49. The van der Waals surface area contributed by atoms with Gasteiger partial charge in [-0.2, -0.15) is 0 Å². The van der Waals surface area contributed by atoms with Crippen molar-refractivity contribution in [3.05, 3.63) is 23.8 Å². The van der Waals surface area contributed by atoms with E-state index in [4.69, 9.17) is 10.5 Å². The summed E-state index contributed by atoms with van der Waals surface area (Å²) in [7, 11) is 2.02. The van der Waals surface area contributed by atoms with Gasteiger partial charge in [-0.3, -0.25) is 4.90 Å². The maximum atomic E-state index is 9.72. The van der Waals surface area contributed by atoms with E-state index in [9.17, 15) is 5.11 Å². The standard InChI is InChI=1S/C14H22N2O2/c1-16(6-7-18-10-11-2-3-11)9-12-8-13(15)4-5-14(12)17/h4-5,8,11,17H,2-3,6-7,9-10,15H2,1H3. The lowest BCUT2D eigenvalue weighted by atomic mass is 10.1. The molecular weight excluding hydrogens is 228 g/mol. The van der Waals surface area contributed by atoms with Crippen LogP contribution in [0.1, 0.15) is 18.4 Å². The molecule has 0 saturated heterocycles. The second kappa shape index (κ2) is 6.07. The number of rotatable bonds is 7. The molecule has 1 saturated carbocycles. The Hall–Kier alpha value is -1.26. The van der Waals surface area contributed by atoms with E-state index in [1.54, 1.807) is 12.1 Å². The van der Waals surface area contributed by atoms with Crippen LogP contribution in [0.15, 0.2) is 18.2 Å². The number of nitrogen functional groups attached to an aromatic ring is 1. The van der Waals surface area contributed by atoms with Gasteiger partial charge in [0.15, 0.2) is 0 Å². The summed E-state index contributed by atoms with van der Waals surface area (Å²) < 4.78 is 5.59. The molecule has 0 aromatic heterocycles. The summed E-state index contributed by atoms with van der Waals surface area (Å²) in [5, 5.41) is 9.72. The van der Waals surface area contributed by atoms with E-state index in [0.717, 1.165) is 31.2 Å². The minimum absolute atomic E-state index is 0.301. The van der Waals surface area contributed by atoms with E-state index in [1.807, 2.05) is 13.1 Å². The van der Waals surface area contributed by atoms with E-state index in [1.165, 1.54) is 12.8 Å². The van der Waals surface area contributed by atoms with Crippen molar-refractivity contribution < 1.29 is 9.84 Å². The van der Waals surface area contributed by atoms with Crippen molar-refractivity contribution in [3.63, 3.8) is 0 Å². The van der Waals surface area contributed by atoms with Crippen molar-refractivity contribution in [2.45, 2.75) is 19.4 Å². The van der Waals surface area contributed by atoms with Gasteiger partial charge in [0, 0.05) is 30.9 Å². The van der Waals surface area contributed by atoms with Gasteiger partial charge < -0.3 is 15.6 Å². The van der Waals surface area contributed by atoms with Gasteiger partial charge in [0.1, 0.15) is 5.75 Å². The molecule has 0 radical (unpaired) electrons. The molecule has 2 rings (SSSR count). The third-order valence-corrected chi connectivity index (χ3v) is 3.21. The van der Waals surface area contributed by atoms with Gasteiger partial charge in [0.2, 0.25) is 0 Å². The van der Waals surface area contributed by atoms with E-state index >= 15 is 0 Å². The highest BCUT2D eigenvalue weighted by molar-refractivity contribution is 5.47. The van der Waals surface area contributed by atoms with Gasteiger partial charge in [-0.1, -0.05) is 0 Å². The molecule has 4 heteroatoms. The Morgan fingerprint density at radius 2 is 2.22 bits per heavy atom. The average molecular weight is 250 g/mol. The number of anilines is 1. The summed E-state index contributed by atoms with van der Waals surface area (Å²) in [6.45, 7) is 3.19. The van der Waals surface area contributed by atoms with Crippen LogP contribution in [0.5, 0.6) is 5.75 Å². The molecule has 0 heterocycles. The van der Waals surface area contributed by atoms with Crippen LogP contribution < -0.4 is 5.73 Å². The number of ether oxygens (including phenoxy) is 1. The molecule has 0 aliphatic heterocycles.